The molecule has 1 N–H and O–H groups in total. The summed E-state index contributed by atoms with van der Waals surface area (Å²) < 4.78 is 1.93. The third-order valence-corrected chi connectivity index (χ3v) is 5.13. The molecule has 0 spiro atoms. The minimum Gasteiger partial charge on any atom is -0.307 e. The Hall–Kier alpha value is -0.870. The fourth-order valence-corrected chi connectivity index (χ4v) is 3.90. The first-order chi connectivity index (χ1) is 10.2. The maximum atomic E-state index is 4.72. The van der Waals surface area contributed by atoms with Gasteiger partial charge in [0.25, 0.3) is 0 Å². The van der Waals surface area contributed by atoms with Crippen LogP contribution in [0, 0.1) is 0 Å². The van der Waals surface area contributed by atoms with Gasteiger partial charge in [-0.3, -0.25) is 9.58 Å². The number of nitrogens with zero attached hydrogens (tertiary/aromatic N) is 3. The highest BCUT2D eigenvalue weighted by molar-refractivity contribution is 5.15. The molecule has 0 amide bonds. The summed E-state index contributed by atoms with van der Waals surface area (Å²) in [4.78, 5) is 2.72. The van der Waals surface area contributed by atoms with Crippen molar-refractivity contribution < 1.29 is 0 Å². The normalized spacial score (nSPS) is 18.3. The number of hydrogen-bond donors (Lipinski definition) is 1. The molecule has 21 heavy (non-hydrogen) atoms. The lowest BCUT2D eigenvalue weighted by Crippen LogP contribution is -2.55. The van der Waals surface area contributed by atoms with Crippen molar-refractivity contribution in [2.75, 3.05) is 19.6 Å². The molecule has 0 saturated carbocycles. The van der Waals surface area contributed by atoms with E-state index in [0.717, 1.165) is 13.0 Å². The van der Waals surface area contributed by atoms with E-state index in [2.05, 4.69) is 43.3 Å². The van der Waals surface area contributed by atoms with Gasteiger partial charge in [-0.2, -0.15) is 5.10 Å². The summed E-state index contributed by atoms with van der Waals surface area (Å²) >= 11 is 0. The lowest BCUT2D eigenvalue weighted by Gasteiger charge is -2.46. The highest BCUT2D eigenvalue weighted by atomic mass is 15.3. The topological polar surface area (TPSA) is 33.1 Å². The maximum Gasteiger partial charge on any atom is 0.0812 e. The molecule has 1 saturated heterocycles. The van der Waals surface area contributed by atoms with Gasteiger partial charge >= 0.3 is 0 Å². The zero-order valence-corrected chi connectivity index (χ0v) is 14.2. The predicted octanol–water partition coefficient (Wildman–Crippen LogP) is 3.12. The van der Waals surface area contributed by atoms with Crippen LogP contribution in [0.2, 0.25) is 0 Å². The van der Waals surface area contributed by atoms with Crippen LogP contribution in [0.4, 0.5) is 0 Å². The summed E-state index contributed by atoms with van der Waals surface area (Å²) in [7, 11) is 2.01. The van der Waals surface area contributed by atoms with Crippen LogP contribution >= 0.6 is 0 Å². The highest BCUT2D eigenvalue weighted by Crippen LogP contribution is 2.38. The second kappa shape index (κ2) is 7.41. The molecule has 1 aliphatic heterocycles. The average molecular weight is 292 g/mol. The lowest BCUT2D eigenvalue weighted by molar-refractivity contribution is 0.0598. The van der Waals surface area contributed by atoms with Crippen LogP contribution in [0.1, 0.15) is 64.6 Å². The third kappa shape index (κ3) is 3.32. The largest absolute Gasteiger partial charge is 0.307 e. The van der Waals surface area contributed by atoms with E-state index in [4.69, 9.17) is 5.10 Å². The number of likely N-dealkylation sites (tertiary alicyclic amines) is 1. The quantitative estimate of drug-likeness (QED) is 0.799. The van der Waals surface area contributed by atoms with E-state index in [1.807, 2.05) is 11.7 Å². The molecule has 0 radical (unpaired) electrons. The molecular weight excluding hydrogens is 260 g/mol. The molecule has 1 aromatic heterocycles. The van der Waals surface area contributed by atoms with Crippen LogP contribution in [-0.2, 0) is 7.05 Å². The van der Waals surface area contributed by atoms with Crippen LogP contribution < -0.4 is 5.32 Å². The Morgan fingerprint density at radius 1 is 1.24 bits per heavy atom. The van der Waals surface area contributed by atoms with Crippen molar-refractivity contribution in [1.82, 2.24) is 20.0 Å². The van der Waals surface area contributed by atoms with E-state index in [-0.39, 0.29) is 5.54 Å². The Balaban J connectivity index is 2.33. The smallest absolute Gasteiger partial charge is 0.0812 e. The van der Waals surface area contributed by atoms with Gasteiger partial charge in [0.2, 0.25) is 0 Å². The van der Waals surface area contributed by atoms with Crippen molar-refractivity contribution in [3.8, 4) is 0 Å². The highest BCUT2D eigenvalue weighted by Gasteiger charge is 2.43. The van der Waals surface area contributed by atoms with Gasteiger partial charge in [-0.15, -0.1) is 0 Å². The number of nitrogens with one attached hydrogen (secondary N) is 1. The predicted molar refractivity (Wildman–Crippen MR) is 88.4 cm³/mol. The minimum absolute atomic E-state index is 0.194. The van der Waals surface area contributed by atoms with Gasteiger partial charge in [0.1, 0.15) is 0 Å². The zero-order valence-electron chi connectivity index (χ0n) is 14.2. The van der Waals surface area contributed by atoms with E-state index in [1.165, 1.54) is 44.5 Å². The van der Waals surface area contributed by atoms with Crippen molar-refractivity contribution in [3.05, 3.63) is 18.0 Å². The second-order valence-electron chi connectivity index (χ2n) is 6.31. The average Bonchev–Trinajstić information content (AvgIpc) is 3.16. The summed E-state index contributed by atoms with van der Waals surface area (Å²) in [5.74, 6) is 0. The lowest BCUT2D eigenvalue weighted by atomic mass is 9.81. The molecule has 4 heteroatoms. The third-order valence-electron chi connectivity index (χ3n) is 5.13. The Labute approximate surface area is 129 Å². The molecule has 0 aliphatic carbocycles. The molecule has 1 aliphatic rings. The first-order valence-electron chi connectivity index (χ1n) is 8.66. The number of aromatic nitrogens is 2. The first kappa shape index (κ1) is 16.5. The van der Waals surface area contributed by atoms with Gasteiger partial charge in [-0.25, -0.2) is 0 Å². The second-order valence-corrected chi connectivity index (χ2v) is 6.31. The van der Waals surface area contributed by atoms with Gasteiger partial charge in [0.05, 0.1) is 11.7 Å². The van der Waals surface area contributed by atoms with E-state index >= 15 is 0 Å². The molecule has 2 heterocycles. The standard InChI is InChI=1S/C17H32N4/c1-5-11-18-16(15-10-14-20(4)19-15)17(6-2,7-3)21-12-8-9-13-21/h10,14,16,18H,5-9,11-13H2,1-4H3. The van der Waals surface area contributed by atoms with Crippen LogP contribution in [0.5, 0.6) is 0 Å². The Bertz CT molecular complexity index is 416. The van der Waals surface area contributed by atoms with Gasteiger partial charge < -0.3 is 5.32 Å². The van der Waals surface area contributed by atoms with Crippen molar-refractivity contribution in [2.24, 2.45) is 7.05 Å². The Morgan fingerprint density at radius 2 is 1.90 bits per heavy atom. The minimum atomic E-state index is 0.194. The summed E-state index contributed by atoms with van der Waals surface area (Å²) in [6.45, 7) is 10.4. The summed E-state index contributed by atoms with van der Waals surface area (Å²) in [5.41, 5.74) is 1.39. The van der Waals surface area contributed by atoms with E-state index in [1.54, 1.807) is 0 Å². The first-order valence-corrected chi connectivity index (χ1v) is 8.66. The van der Waals surface area contributed by atoms with Crippen LogP contribution in [0.3, 0.4) is 0 Å². The Kier molecular flexibility index (Phi) is 5.82. The van der Waals surface area contributed by atoms with Crippen LogP contribution in [-0.4, -0.2) is 39.9 Å². The van der Waals surface area contributed by atoms with E-state index < -0.39 is 0 Å². The van der Waals surface area contributed by atoms with Gasteiger partial charge in [0, 0.05) is 18.8 Å². The molecule has 120 valence electrons. The number of hydrogen-bond acceptors (Lipinski definition) is 3. The molecule has 1 fully saturated rings. The number of aryl methyl sites for hydroxylation is 1. The molecule has 2 rings (SSSR count). The fourth-order valence-electron chi connectivity index (χ4n) is 3.90. The molecule has 0 bridgehead atoms. The van der Waals surface area contributed by atoms with Gasteiger partial charge in [-0.1, -0.05) is 20.8 Å². The summed E-state index contributed by atoms with van der Waals surface area (Å²) in [6, 6.07) is 2.51. The molecule has 1 atom stereocenters. The monoisotopic (exact) mass is 292 g/mol. The Morgan fingerprint density at radius 3 is 2.38 bits per heavy atom. The van der Waals surface area contributed by atoms with Crippen molar-refractivity contribution in [1.29, 1.82) is 0 Å². The molecular formula is C17H32N4. The van der Waals surface area contributed by atoms with Crippen LogP contribution in [0.25, 0.3) is 0 Å². The summed E-state index contributed by atoms with van der Waals surface area (Å²) in [5, 5.41) is 8.53. The van der Waals surface area contributed by atoms with E-state index in [0.29, 0.717) is 6.04 Å². The molecule has 1 aromatic rings. The summed E-state index contributed by atoms with van der Waals surface area (Å²) in [6.07, 6.45) is 8.24. The SMILES string of the molecule is CCCNC(c1ccn(C)n1)C(CC)(CC)N1CCCC1. The molecule has 1 unspecified atom stereocenters. The van der Waals surface area contributed by atoms with Crippen LogP contribution in [0.15, 0.2) is 12.3 Å². The van der Waals surface area contributed by atoms with Gasteiger partial charge in [-0.05, 0) is 57.8 Å². The van der Waals surface area contributed by atoms with Crippen molar-refractivity contribution >= 4 is 0 Å². The fraction of sp³-hybridized carbons (Fsp3) is 0.824. The van der Waals surface area contributed by atoms with Gasteiger partial charge in [0.15, 0.2) is 0 Å². The molecule has 4 nitrogen and oxygen atoms in total. The van der Waals surface area contributed by atoms with Crippen molar-refractivity contribution in [3.63, 3.8) is 0 Å². The molecule has 0 aromatic carbocycles. The maximum absolute atomic E-state index is 4.72. The van der Waals surface area contributed by atoms with E-state index in [9.17, 15) is 0 Å². The zero-order chi connectivity index (χ0) is 15.3. The van der Waals surface area contributed by atoms with Crippen molar-refractivity contribution in [2.45, 2.75) is 64.5 Å². The number of rotatable bonds is 8.